The fourth-order valence-corrected chi connectivity index (χ4v) is 9.83. The fourth-order valence-electron chi connectivity index (χ4n) is 7.79. The van der Waals surface area contributed by atoms with Gasteiger partial charge in [0.15, 0.2) is 0 Å². The summed E-state index contributed by atoms with van der Waals surface area (Å²) >= 11 is 0. The first-order chi connectivity index (χ1) is 41.2. The highest BCUT2D eigenvalue weighted by molar-refractivity contribution is 8.76. The zero-order chi connectivity index (χ0) is 63.8. The van der Waals surface area contributed by atoms with Crippen LogP contribution in [0.2, 0.25) is 0 Å². The van der Waals surface area contributed by atoms with Gasteiger partial charge >= 0.3 is 47.8 Å². The van der Waals surface area contributed by atoms with Crippen molar-refractivity contribution < 1.29 is 95.4 Å². The predicted octanol–water partition coefficient (Wildman–Crippen LogP) is 1.12. The molecular formula is C56H82N8O20S2. The Morgan fingerprint density at radius 1 is 0.279 bits per heavy atom. The molecule has 0 saturated carbocycles. The Morgan fingerprint density at radius 2 is 0.442 bits per heavy atom. The molecule has 28 nitrogen and oxygen atoms in total. The molecule has 0 aromatic heterocycles. The van der Waals surface area contributed by atoms with Crippen molar-refractivity contribution in [2.24, 2.45) is 0 Å². The van der Waals surface area contributed by atoms with Crippen molar-refractivity contribution in [1.82, 2.24) is 40.9 Å². The molecule has 0 bridgehead atoms. The maximum Gasteiger partial charge on any atom is 0.306 e. The van der Waals surface area contributed by atoms with Crippen LogP contribution in [0, 0.1) is 0 Å². The summed E-state index contributed by atoms with van der Waals surface area (Å²) in [6, 6.07) is 8.95. The summed E-state index contributed by atoms with van der Waals surface area (Å²) in [5.41, 5.74) is 0.285. The SMILES string of the molecule is COC(=O)CCN(CCNC(=O)c1cc(SSc2cc(C(=O)NCCN(CCC(=O)OC)CCC(=O)OC)cc(C(=O)NCCN(CCC(=O)OC)CCC(=O)OC)c2)cc(C(=O)NCCN(CCC(=O)OC)CCC(=O)OC)c1)CCC(=O)OC. The number of benzene rings is 2. The third-order valence-electron chi connectivity index (χ3n) is 12.8. The van der Waals surface area contributed by atoms with Crippen molar-refractivity contribution in [3.63, 3.8) is 0 Å². The first-order valence-corrected chi connectivity index (χ1v) is 29.6. The van der Waals surface area contributed by atoms with Gasteiger partial charge in [0, 0.05) is 137 Å². The van der Waals surface area contributed by atoms with Gasteiger partial charge in [-0.2, -0.15) is 0 Å². The minimum Gasteiger partial charge on any atom is -0.469 e. The average molecular weight is 1250 g/mol. The summed E-state index contributed by atoms with van der Waals surface area (Å²) in [6.45, 7) is 2.80. The van der Waals surface area contributed by atoms with E-state index in [0.717, 1.165) is 21.6 Å². The van der Waals surface area contributed by atoms with Crippen LogP contribution in [-0.2, 0) is 76.3 Å². The molecule has 86 heavy (non-hydrogen) atoms. The number of carbonyl (C=O) groups excluding carboxylic acids is 12. The van der Waals surface area contributed by atoms with E-state index in [2.05, 4.69) is 21.3 Å². The van der Waals surface area contributed by atoms with Gasteiger partial charge in [0.1, 0.15) is 0 Å². The Bertz CT molecular complexity index is 2170. The van der Waals surface area contributed by atoms with Crippen LogP contribution in [0.25, 0.3) is 0 Å². The van der Waals surface area contributed by atoms with Crippen LogP contribution in [-0.4, -0.2) is 253 Å². The van der Waals surface area contributed by atoms with E-state index >= 15 is 0 Å². The molecule has 0 heterocycles. The van der Waals surface area contributed by atoms with E-state index in [1.54, 1.807) is 43.9 Å². The Labute approximate surface area is 508 Å². The summed E-state index contributed by atoms with van der Waals surface area (Å²) < 4.78 is 38.2. The highest BCUT2D eigenvalue weighted by atomic mass is 33.1. The number of rotatable bonds is 43. The summed E-state index contributed by atoms with van der Waals surface area (Å²) in [6.07, 6.45) is 0.155. The van der Waals surface area contributed by atoms with Gasteiger partial charge < -0.3 is 78.8 Å². The molecule has 0 radical (unpaired) electrons. The molecular weight excluding hydrogens is 1170 g/mol. The molecule has 478 valence electrons. The Kier molecular flexibility index (Phi) is 37.6. The molecule has 2 rings (SSSR count). The van der Waals surface area contributed by atoms with Crippen molar-refractivity contribution in [2.75, 3.05) is 162 Å². The van der Waals surface area contributed by atoms with E-state index in [4.69, 9.17) is 37.9 Å². The first-order valence-electron chi connectivity index (χ1n) is 27.4. The zero-order valence-corrected chi connectivity index (χ0v) is 51.8. The number of nitrogens with zero attached hydrogens (tertiary/aromatic N) is 4. The van der Waals surface area contributed by atoms with Crippen LogP contribution < -0.4 is 21.3 Å². The van der Waals surface area contributed by atoms with Gasteiger partial charge in [-0.1, -0.05) is 21.6 Å². The Morgan fingerprint density at radius 3 is 0.593 bits per heavy atom. The topological polar surface area (TPSA) is 340 Å². The molecule has 0 aliphatic heterocycles. The summed E-state index contributed by atoms with van der Waals surface area (Å²) in [5.74, 6) is -6.06. The molecule has 0 aliphatic carbocycles. The number of amides is 4. The van der Waals surface area contributed by atoms with E-state index in [1.165, 1.54) is 69.0 Å². The lowest BCUT2D eigenvalue weighted by Gasteiger charge is -2.22. The van der Waals surface area contributed by atoms with Crippen LogP contribution in [0.4, 0.5) is 0 Å². The molecule has 0 atom stereocenters. The van der Waals surface area contributed by atoms with Crippen molar-refractivity contribution in [3.8, 4) is 0 Å². The van der Waals surface area contributed by atoms with Gasteiger partial charge in [0.2, 0.25) is 0 Å². The standard InChI is InChI=1S/C56H82N8O20S2/c1-77-45(65)9-21-61(22-10-46(66)78-2)29-17-57-53(73)39-33-40(54(74)58-18-30-62(23-11-47(67)79-3)24-12-48(68)80-4)36-43(35-39)85-86-44-37-41(55(75)59-19-31-63(25-13-49(69)81-5)26-14-50(70)82-6)34-42(38-44)56(76)60-20-32-64(27-15-51(71)83-7)28-16-52(72)84-8/h33-38H,9-32H2,1-8H3,(H,57,73)(H,58,74)(H,59,75)(H,60,76). The largest absolute Gasteiger partial charge is 0.469 e. The number of hydrogen-bond donors (Lipinski definition) is 4. The first kappa shape index (κ1) is 74.7. The van der Waals surface area contributed by atoms with Gasteiger partial charge in [0.05, 0.1) is 108 Å². The molecule has 4 N–H and O–H groups in total. The van der Waals surface area contributed by atoms with Crippen LogP contribution in [0.15, 0.2) is 46.2 Å². The lowest BCUT2D eigenvalue weighted by Crippen LogP contribution is -2.38. The highest BCUT2D eigenvalue weighted by Gasteiger charge is 2.21. The molecule has 0 saturated heterocycles. The fraction of sp³-hybridized carbons (Fsp3) is 0.571. The van der Waals surface area contributed by atoms with Crippen molar-refractivity contribution in [3.05, 3.63) is 58.7 Å². The number of methoxy groups -OCH3 is 8. The molecule has 2 aromatic rings. The van der Waals surface area contributed by atoms with Gasteiger partial charge in [-0.05, 0) is 36.4 Å². The number of nitrogens with one attached hydrogen (secondary N) is 4. The van der Waals surface area contributed by atoms with E-state index in [-0.39, 0.29) is 178 Å². The lowest BCUT2D eigenvalue weighted by atomic mass is 10.1. The van der Waals surface area contributed by atoms with Gasteiger partial charge in [0.25, 0.3) is 23.6 Å². The Balaban J connectivity index is 2.60. The quantitative estimate of drug-likeness (QED) is 0.0411. The third-order valence-corrected chi connectivity index (χ3v) is 15.2. The Hall–Kier alpha value is -7.38. The van der Waals surface area contributed by atoms with E-state index < -0.39 is 71.4 Å². The number of ether oxygens (including phenoxy) is 8. The molecule has 0 aliphatic rings. The number of esters is 8. The second-order valence-electron chi connectivity index (χ2n) is 18.7. The van der Waals surface area contributed by atoms with Crippen LogP contribution in [0.5, 0.6) is 0 Å². The van der Waals surface area contributed by atoms with Gasteiger partial charge in [-0.15, -0.1) is 0 Å². The smallest absolute Gasteiger partial charge is 0.306 e. The molecule has 2 aromatic carbocycles. The summed E-state index contributed by atoms with van der Waals surface area (Å²) in [5, 5.41) is 11.4. The molecule has 30 heteroatoms. The maximum absolute atomic E-state index is 14.0. The van der Waals surface area contributed by atoms with E-state index in [1.807, 2.05) is 0 Å². The third kappa shape index (κ3) is 31.7. The van der Waals surface area contributed by atoms with Crippen LogP contribution >= 0.6 is 21.6 Å². The van der Waals surface area contributed by atoms with Crippen molar-refractivity contribution in [1.29, 1.82) is 0 Å². The second-order valence-corrected chi connectivity index (χ2v) is 20.9. The van der Waals surface area contributed by atoms with Gasteiger partial charge in [-0.25, -0.2) is 0 Å². The highest BCUT2D eigenvalue weighted by Crippen LogP contribution is 2.39. The normalized spacial score (nSPS) is 10.9. The molecule has 4 amide bonds. The maximum atomic E-state index is 14.0. The van der Waals surface area contributed by atoms with E-state index in [0.29, 0.717) is 9.79 Å². The molecule has 0 fully saturated rings. The average Bonchev–Trinajstić information content (AvgIpc) is 2.33. The minimum atomic E-state index is -0.579. The minimum absolute atomic E-state index is 0.0194. The summed E-state index contributed by atoms with van der Waals surface area (Å²) in [7, 11) is 12.2. The zero-order valence-electron chi connectivity index (χ0n) is 50.2. The summed E-state index contributed by atoms with van der Waals surface area (Å²) in [4.78, 5) is 160. The number of hydrogen-bond acceptors (Lipinski definition) is 26. The van der Waals surface area contributed by atoms with E-state index in [9.17, 15) is 57.5 Å². The number of carbonyl (C=O) groups is 12. The predicted molar refractivity (Wildman–Crippen MR) is 313 cm³/mol. The van der Waals surface area contributed by atoms with Crippen molar-refractivity contribution >= 4 is 93.0 Å². The van der Waals surface area contributed by atoms with Gasteiger partial charge in [-0.3, -0.25) is 57.5 Å². The molecule has 0 unspecified atom stereocenters. The monoisotopic (exact) mass is 1250 g/mol. The van der Waals surface area contributed by atoms with Crippen LogP contribution in [0.3, 0.4) is 0 Å². The lowest BCUT2D eigenvalue weighted by molar-refractivity contribution is -0.142. The second kappa shape index (κ2) is 43.3. The molecule has 0 spiro atoms. The van der Waals surface area contributed by atoms with Crippen molar-refractivity contribution in [2.45, 2.75) is 61.2 Å². The van der Waals surface area contributed by atoms with Crippen LogP contribution in [0.1, 0.15) is 92.8 Å².